The van der Waals surface area contributed by atoms with Crippen molar-refractivity contribution in [2.75, 3.05) is 26.2 Å². The van der Waals surface area contributed by atoms with Crippen molar-refractivity contribution in [3.05, 3.63) is 0 Å². The number of unbranched alkanes of at least 4 members (excludes halogenated alkanes) is 19. The van der Waals surface area contributed by atoms with Crippen molar-refractivity contribution in [3.8, 4) is 0 Å². The third-order valence-corrected chi connectivity index (χ3v) is 9.91. The lowest BCUT2D eigenvalue weighted by Crippen LogP contribution is -2.47. The molecule has 0 aromatic heterocycles. The van der Waals surface area contributed by atoms with Gasteiger partial charge < -0.3 is 44.2 Å². The molecule has 0 aliphatic carbocycles. The quantitative estimate of drug-likeness (QED) is 0.0218. The fourth-order valence-electron chi connectivity index (χ4n) is 6.54. The van der Waals surface area contributed by atoms with Gasteiger partial charge in [-0.05, 0) is 51.4 Å². The Morgan fingerprint density at radius 3 is 1.05 bits per heavy atom. The summed E-state index contributed by atoms with van der Waals surface area (Å²) in [5.41, 5.74) is 21.7. The molecule has 14 heteroatoms. The molecule has 12 N–H and O–H groups in total. The van der Waals surface area contributed by atoms with Crippen LogP contribution in [0.3, 0.4) is 0 Å². The number of nitrogens with zero attached hydrogens (tertiary/aromatic N) is 2. The molecule has 4 amide bonds. The molecule has 0 bridgehead atoms. The van der Waals surface area contributed by atoms with E-state index < -0.39 is 12.1 Å². The van der Waals surface area contributed by atoms with E-state index in [0.29, 0.717) is 64.7 Å². The molecule has 0 unspecified atom stereocenters. The molecule has 56 heavy (non-hydrogen) atoms. The van der Waals surface area contributed by atoms with Crippen molar-refractivity contribution in [2.24, 2.45) is 32.9 Å². The van der Waals surface area contributed by atoms with E-state index in [1.807, 2.05) is 0 Å². The van der Waals surface area contributed by atoms with Gasteiger partial charge in [0.2, 0.25) is 23.6 Å². The minimum Gasteiger partial charge on any atom is -0.370 e. The summed E-state index contributed by atoms with van der Waals surface area (Å²) < 4.78 is 0. The second-order valence-corrected chi connectivity index (χ2v) is 15.3. The van der Waals surface area contributed by atoms with Crippen LogP contribution in [0.15, 0.2) is 9.98 Å². The number of rotatable bonds is 39. The highest BCUT2D eigenvalue weighted by Crippen LogP contribution is 2.11. The van der Waals surface area contributed by atoms with Gasteiger partial charge in [-0.25, -0.2) is 0 Å². The topological polar surface area (TPSA) is 245 Å². The Bertz CT molecular complexity index is 982. The first-order valence-electron chi connectivity index (χ1n) is 22.4. The second kappa shape index (κ2) is 38.3. The smallest absolute Gasteiger partial charge is 0.242 e. The number of hydrogen-bond acceptors (Lipinski definition) is 6. The second-order valence-electron chi connectivity index (χ2n) is 15.3. The number of carbonyl (C=O) groups is 4. The first-order valence-corrected chi connectivity index (χ1v) is 22.4. The van der Waals surface area contributed by atoms with E-state index in [-0.39, 0.29) is 35.5 Å². The Kier molecular flexibility index (Phi) is 35.9. The van der Waals surface area contributed by atoms with Crippen LogP contribution in [-0.4, -0.2) is 73.8 Å². The number of aliphatic imine (C=N–C) groups is 2. The molecule has 14 nitrogen and oxygen atoms in total. The van der Waals surface area contributed by atoms with E-state index >= 15 is 0 Å². The number of guanidine groups is 2. The van der Waals surface area contributed by atoms with Crippen molar-refractivity contribution in [2.45, 2.75) is 206 Å². The maximum atomic E-state index is 13.0. The van der Waals surface area contributed by atoms with Crippen LogP contribution in [0.2, 0.25) is 0 Å². The van der Waals surface area contributed by atoms with Gasteiger partial charge >= 0.3 is 0 Å². The number of nitrogens with one attached hydrogen (secondary N) is 4. The molecule has 0 aromatic carbocycles. The molecule has 0 saturated carbocycles. The maximum Gasteiger partial charge on any atom is 0.242 e. The zero-order valence-corrected chi connectivity index (χ0v) is 35.6. The number of hydrogen-bond donors (Lipinski definition) is 8. The predicted molar refractivity (Wildman–Crippen MR) is 232 cm³/mol. The fraction of sp³-hybridized carbons (Fsp3) is 0.857. The highest BCUT2D eigenvalue weighted by molar-refractivity contribution is 5.88. The molecule has 326 valence electrons. The summed E-state index contributed by atoms with van der Waals surface area (Å²) in [6.07, 6.45) is 27.1. The van der Waals surface area contributed by atoms with E-state index in [4.69, 9.17) is 22.9 Å². The molecule has 0 rings (SSSR count). The largest absolute Gasteiger partial charge is 0.370 e. The van der Waals surface area contributed by atoms with Gasteiger partial charge in [-0.15, -0.1) is 0 Å². The Hall–Kier alpha value is -3.58. The van der Waals surface area contributed by atoms with Crippen LogP contribution in [0, 0.1) is 0 Å². The van der Waals surface area contributed by atoms with E-state index in [0.717, 1.165) is 89.9 Å². The first kappa shape index (κ1) is 52.4. The number of carbonyl (C=O) groups excluding carboxylic acids is 4. The Labute approximate surface area is 340 Å². The minimum atomic E-state index is -0.591. The highest BCUT2D eigenvalue weighted by atomic mass is 16.2. The summed E-state index contributed by atoms with van der Waals surface area (Å²) in [6.45, 7) is 6.38. The standard InChI is InChI=1S/C42H84N10O4/c1-3-5-7-9-13-17-21-29-37(53)51-35(27-25-33-49-41(43)44)39(55)47-31-23-19-15-11-12-16-20-24-32-48-40(56)36(28-26-34-50-42(45)46)52-38(54)30-22-18-14-10-8-6-4-2/h35-36H,3-34H2,1-2H3,(H,47,55)(H,48,56)(H,51,53)(H,52,54)(H4,43,44,49)(H4,45,46,50)/t35-,36-/m0/s1. The molecule has 0 saturated heterocycles. The zero-order chi connectivity index (χ0) is 41.5. The molecule has 0 aromatic rings. The molecular weight excluding hydrogens is 709 g/mol. The van der Waals surface area contributed by atoms with Gasteiger partial charge in [0.1, 0.15) is 12.1 Å². The van der Waals surface area contributed by atoms with Gasteiger partial charge in [-0.3, -0.25) is 29.2 Å². The third kappa shape index (κ3) is 34.9. The number of nitrogens with two attached hydrogens (primary N) is 4. The lowest BCUT2D eigenvalue weighted by atomic mass is 10.1. The van der Waals surface area contributed by atoms with Gasteiger partial charge in [0, 0.05) is 39.0 Å². The summed E-state index contributed by atoms with van der Waals surface area (Å²) in [4.78, 5) is 59.2. The summed E-state index contributed by atoms with van der Waals surface area (Å²) in [5.74, 6) is -0.433. The molecule has 2 atom stereocenters. The first-order chi connectivity index (χ1) is 27.1. The molecular formula is C42H84N10O4. The molecule has 0 aliphatic rings. The average molecular weight is 793 g/mol. The molecule has 0 heterocycles. The van der Waals surface area contributed by atoms with Crippen LogP contribution in [0.5, 0.6) is 0 Å². The van der Waals surface area contributed by atoms with Crippen LogP contribution in [-0.2, 0) is 19.2 Å². The van der Waals surface area contributed by atoms with Crippen LogP contribution in [0.4, 0.5) is 0 Å². The molecule has 0 fully saturated rings. The van der Waals surface area contributed by atoms with Gasteiger partial charge in [0.25, 0.3) is 0 Å². The van der Waals surface area contributed by atoms with Crippen LogP contribution in [0.25, 0.3) is 0 Å². The fourth-order valence-corrected chi connectivity index (χ4v) is 6.54. The summed E-state index contributed by atoms with van der Waals surface area (Å²) in [5, 5.41) is 11.9. The SMILES string of the molecule is CCCCCCCCCC(=O)N[C@@H](CCCN=C(N)N)C(=O)NCCCCCCCCCCNC(=O)[C@H](CCCN=C(N)N)NC(=O)CCCCCCCCC. The molecule has 0 radical (unpaired) electrons. The van der Waals surface area contributed by atoms with Gasteiger partial charge in [-0.2, -0.15) is 0 Å². The molecule has 0 aliphatic heterocycles. The van der Waals surface area contributed by atoms with E-state index in [1.165, 1.54) is 51.4 Å². The predicted octanol–water partition coefficient (Wildman–Crippen LogP) is 5.70. The Morgan fingerprint density at radius 2 is 0.732 bits per heavy atom. The van der Waals surface area contributed by atoms with Crippen molar-refractivity contribution in [1.82, 2.24) is 21.3 Å². The van der Waals surface area contributed by atoms with Crippen molar-refractivity contribution in [3.63, 3.8) is 0 Å². The van der Waals surface area contributed by atoms with Gasteiger partial charge in [0.15, 0.2) is 11.9 Å². The van der Waals surface area contributed by atoms with Crippen molar-refractivity contribution in [1.29, 1.82) is 0 Å². The lowest BCUT2D eigenvalue weighted by Gasteiger charge is -2.18. The van der Waals surface area contributed by atoms with Crippen molar-refractivity contribution < 1.29 is 19.2 Å². The minimum absolute atomic E-state index is 0.0205. The van der Waals surface area contributed by atoms with Crippen molar-refractivity contribution >= 4 is 35.5 Å². The Morgan fingerprint density at radius 1 is 0.429 bits per heavy atom. The maximum absolute atomic E-state index is 13.0. The monoisotopic (exact) mass is 793 g/mol. The highest BCUT2D eigenvalue weighted by Gasteiger charge is 2.21. The number of amides is 4. The average Bonchev–Trinajstić information content (AvgIpc) is 3.16. The third-order valence-electron chi connectivity index (χ3n) is 9.91. The summed E-state index contributed by atoms with van der Waals surface area (Å²) in [6, 6.07) is -1.18. The van der Waals surface area contributed by atoms with Gasteiger partial charge in [0.05, 0.1) is 0 Å². The van der Waals surface area contributed by atoms with Gasteiger partial charge in [-0.1, -0.05) is 129 Å². The molecule has 0 spiro atoms. The Balaban J connectivity index is 4.33. The lowest BCUT2D eigenvalue weighted by molar-refractivity contribution is -0.129. The van der Waals surface area contributed by atoms with E-state index in [1.54, 1.807) is 0 Å². The van der Waals surface area contributed by atoms with E-state index in [9.17, 15) is 19.2 Å². The zero-order valence-electron chi connectivity index (χ0n) is 35.6. The summed E-state index contributed by atoms with van der Waals surface area (Å²) >= 11 is 0. The van der Waals surface area contributed by atoms with Crippen LogP contribution >= 0.6 is 0 Å². The van der Waals surface area contributed by atoms with Crippen LogP contribution < -0.4 is 44.2 Å². The van der Waals surface area contributed by atoms with E-state index in [2.05, 4.69) is 45.1 Å². The summed E-state index contributed by atoms with van der Waals surface area (Å²) in [7, 11) is 0. The van der Waals surface area contributed by atoms with Crippen LogP contribution in [0.1, 0.15) is 194 Å². The normalized spacial score (nSPS) is 12.0.